The topological polar surface area (TPSA) is 116 Å². The lowest BCUT2D eigenvalue weighted by molar-refractivity contribution is 0.145. The van der Waals surface area contributed by atoms with Gasteiger partial charge in [-0.25, -0.2) is 4.79 Å². The highest BCUT2D eigenvalue weighted by molar-refractivity contribution is 6.04. The van der Waals surface area contributed by atoms with Crippen molar-refractivity contribution < 1.29 is 23.7 Å². The molecule has 0 fully saturated rings. The molecule has 0 aromatic heterocycles. The Morgan fingerprint density at radius 3 is 2.12 bits per heavy atom. The van der Waals surface area contributed by atoms with Gasteiger partial charge in [-0.05, 0) is 47.0 Å². The molecule has 1 amide bonds. The van der Waals surface area contributed by atoms with Crippen molar-refractivity contribution in [3.8, 4) is 17.2 Å². The third kappa shape index (κ3) is 6.72. The summed E-state index contributed by atoms with van der Waals surface area (Å²) < 4.78 is 21.5. The fraction of sp³-hybridized carbons (Fsp3) is 0.200. The van der Waals surface area contributed by atoms with Gasteiger partial charge in [-0.1, -0.05) is 36.4 Å². The second-order valence-corrected chi connectivity index (χ2v) is 7.10. The summed E-state index contributed by atoms with van der Waals surface area (Å²) in [5.41, 5.74) is 8.92. The van der Waals surface area contributed by atoms with E-state index in [0.717, 1.165) is 22.4 Å². The highest BCUT2D eigenvalue weighted by Gasteiger charge is 2.12. The third-order valence-corrected chi connectivity index (χ3v) is 4.86. The van der Waals surface area contributed by atoms with Crippen molar-refractivity contribution >= 4 is 11.9 Å². The molecule has 0 spiro atoms. The fourth-order valence-electron chi connectivity index (χ4n) is 2.96. The Bertz CT molecular complexity index is 1080. The van der Waals surface area contributed by atoms with Crippen LogP contribution in [0, 0.1) is 5.41 Å². The van der Waals surface area contributed by atoms with Crippen molar-refractivity contribution in [2.45, 2.75) is 19.8 Å². The lowest BCUT2D eigenvalue weighted by Gasteiger charge is -2.13. The zero-order valence-corrected chi connectivity index (χ0v) is 18.6. The van der Waals surface area contributed by atoms with E-state index in [9.17, 15) is 4.79 Å². The Hall–Kier alpha value is -4.04. The van der Waals surface area contributed by atoms with Crippen LogP contribution in [-0.4, -0.2) is 26.1 Å². The number of nitrogens with two attached hydrogens (primary N) is 1. The fourth-order valence-corrected chi connectivity index (χ4v) is 2.96. The molecule has 3 aromatic carbocycles. The van der Waals surface area contributed by atoms with Crippen molar-refractivity contribution in [3.63, 3.8) is 0 Å². The van der Waals surface area contributed by atoms with Gasteiger partial charge in [-0.15, -0.1) is 0 Å². The van der Waals surface area contributed by atoms with E-state index in [4.69, 9.17) is 30.1 Å². The number of amides is 1. The Kier molecular flexibility index (Phi) is 8.26. The van der Waals surface area contributed by atoms with Crippen LogP contribution in [0.3, 0.4) is 0 Å². The van der Waals surface area contributed by atoms with Crippen LogP contribution in [0.5, 0.6) is 17.2 Å². The number of carbonyl (C=O) groups excluding carboxylic acids is 1. The van der Waals surface area contributed by atoms with Crippen molar-refractivity contribution in [2.24, 2.45) is 5.73 Å². The number of methoxy groups -OCH3 is 2. The summed E-state index contributed by atoms with van der Waals surface area (Å²) in [7, 11) is 3.10. The molecular weight excluding hydrogens is 422 g/mol. The van der Waals surface area contributed by atoms with Gasteiger partial charge in [0.25, 0.3) is 0 Å². The van der Waals surface area contributed by atoms with Gasteiger partial charge < -0.3 is 24.7 Å². The first kappa shape index (κ1) is 23.6. The number of hydrogen-bond acceptors (Lipinski definition) is 7. The first-order valence-electron chi connectivity index (χ1n) is 10.3. The molecule has 0 saturated heterocycles. The maximum Gasteiger partial charge on any atom is 0.413 e. The standard InChI is InChI=1S/C25H27N3O5/c1-30-21-10-7-19(8-11-21)16-33-25(29)28-24(27)20-9-12-22(23(13-20)31-2)32-15-18-5-3-17(14-26)4-6-18/h3-13H,14-16,26H2,1-2H3,(H2,27,28,29). The van der Waals surface area contributed by atoms with E-state index in [0.29, 0.717) is 30.2 Å². The van der Waals surface area contributed by atoms with Gasteiger partial charge in [0.1, 0.15) is 24.8 Å². The van der Waals surface area contributed by atoms with Gasteiger partial charge in [0.05, 0.1) is 14.2 Å². The van der Waals surface area contributed by atoms with E-state index in [1.165, 1.54) is 7.11 Å². The molecule has 33 heavy (non-hydrogen) atoms. The molecule has 0 saturated carbocycles. The average Bonchev–Trinajstić information content (AvgIpc) is 2.86. The summed E-state index contributed by atoms with van der Waals surface area (Å²) in [4.78, 5) is 12.1. The summed E-state index contributed by atoms with van der Waals surface area (Å²) in [6.45, 7) is 0.921. The number of nitrogens with one attached hydrogen (secondary N) is 2. The van der Waals surface area contributed by atoms with Gasteiger partial charge in [-0.3, -0.25) is 10.7 Å². The lowest BCUT2D eigenvalue weighted by atomic mass is 10.1. The Labute approximate surface area is 192 Å². The quantitative estimate of drug-likeness (QED) is 0.336. The summed E-state index contributed by atoms with van der Waals surface area (Å²) >= 11 is 0. The van der Waals surface area contributed by atoms with E-state index in [2.05, 4.69) is 5.32 Å². The molecule has 3 rings (SSSR count). The summed E-state index contributed by atoms with van der Waals surface area (Å²) in [5.74, 6) is 1.58. The maximum absolute atomic E-state index is 12.1. The Morgan fingerprint density at radius 2 is 1.48 bits per heavy atom. The number of rotatable bonds is 9. The van der Waals surface area contributed by atoms with Crippen molar-refractivity contribution in [1.82, 2.24) is 5.32 Å². The molecule has 0 unspecified atom stereocenters. The molecule has 8 heteroatoms. The van der Waals surface area contributed by atoms with E-state index in [-0.39, 0.29) is 12.4 Å². The minimum Gasteiger partial charge on any atom is -0.497 e. The van der Waals surface area contributed by atoms with Crippen molar-refractivity contribution in [1.29, 1.82) is 5.41 Å². The van der Waals surface area contributed by atoms with Crippen molar-refractivity contribution in [2.75, 3.05) is 14.2 Å². The van der Waals surface area contributed by atoms with Gasteiger partial charge in [-0.2, -0.15) is 0 Å². The second kappa shape index (κ2) is 11.5. The minimum atomic E-state index is -0.726. The number of alkyl carbamates (subject to hydrolysis) is 1. The number of carbonyl (C=O) groups is 1. The van der Waals surface area contributed by atoms with Gasteiger partial charge >= 0.3 is 6.09 Å². The number of benzene rings is 3. The molecule has 0 aliphatic rings. The summed E-state index contributed by atoms with van der Waals surface area (Å²) in [6.07, 6.45) is -0.726. The molecular formula is C25H27N3O5. The van der Waals surface area contributed by atoms with E-state index >= 15 is 0 Å². The van der Waals surface area contributed by atoms with Crippen LogP contribution in [0.2, 0.25) is 0 Å². The van der Waals surface area contributed by atoms with Gasteiger partial charge in [0.15, 0.2) is 11.5 Å². The monoisotopic (exact) mass is 449 g/mol. The number of hydrogen-bond donors (Lipinski definition) is 3. The highest BCUT2D eigenvalue weighted by Crippen LogP contribution is 2.29. The molecule has 0 aliphatic carbocycles. The molecule has 0 atom stereocenters. The zero-order valence-electron chi connectivity index (χ0n) is 18.6. The van der Waals surface area contributed by atoms with Crippen LogP contribution in [0.1, 0.15) is 22.3 Å². The van der Waals surface area contributed by atoms with Crippen LogP contribution in [0.15, 0.2) is 66.7 Å². The van der Waals surface area contributed by atoms with Gasteiger partial charge in [0.2, 0.25) is 0 Å². The van der Waals surface area contributed by atoms with E-state index < -0.39 is 6.09 Å². The number of ether oxygens (including phenoxy) is 4. The maximum atomic E-state index is 12.1. The molecule has 4 N–H and O–H groups in total. The molecule has 0 radical (unpaired) electrons. The summed E-state index contributed by atoms with van der Waals surface area (Å²) in [5, 5.41) is 10.6. The first-order valence-corrected chi connectivity index (χ1v) is 10.3. The van der Waals surface area contributed by atoms with Crippen LogP contribution in [0.25, 0.3) is 0 Å². The van der Waals surface area contributed by atoms with Crippen LogP contribution < -0.4 is 25.3 Å². The SMILES string of the molecule is COc1ccc(COC(=O)NC(=N)c2ccc(OCc3ccc(CN)cc3)c(OC)c2)cc1. The van der Waals surface area contributed by atoms with Crippen LogP contribution >= 0.6 is 0 Å². The average molecular weight is 450 g/mol. The second-order valence-electron chi connectivity index (χ2n) is 7.10. The molecule has 3 aromatic rings. The summed E-state index contributed by atoms with van der Waals surface area (Å²) in [6, 6.07) is 20.0. The lowest BCUT2D eigenvalue weighted by Crippen LogP contribution is -2.31. The predicted octanol–water partition coefficient (Wildman–Crippen LogP) is 3.99. The van der Waals surface area contributed by atoms with Crippen molar-refractivity contribution in [3.05, 3.63) is 89.0 Å². The molecule has 8 nitrogen and oxygen atoms in total. The molecule has 0 bridgehead atoms. The van der Waals surface area contributed by atoms with E-state index in [1.54, 1.807) is 49.6 Å². The van der Waals surface area contributed by atoms with E-state index in [1.807, 2.05) is 24.3 Å². The highest BCUT2D eigenvalue weighted by atomic mass is 16.5. The zero-order chi connectivity index (χ0) is 23.6. The number of amidine groups is 1. The molecule has 0 aliphatic heterocycles. The smallest absolute Gasteiger partial charge is 0.413 e. The van der Waals surface area contributed by atoms with Crippen LogP contribution in [0.4, 0.5) is 4.79 Å². The van der Waals surface area contributed by atoms with Gasteiger partial charge in [0, 0.05) is 12.1 Å². The molecule has 172 valence electrons. The Morgan fingerprint density at radius 1 is 0.848 bits per heavy atom. The predicted molar refractivity (Wildman–Crippen MR) is 125 cm³/mol. The largest absolute Gasteiger partial charge is 0.497 e. The third-order valence-electron chi connectivity index (χ3n) is 4.86. The first-order chi connectivity index (χ1) is 16.0. The Balaban J connectivity index is 1.55. The van der Waals surface area contributed by atoms with Crippen LogP contribution in [-0.2, 0) is 24.5 Å². The molecule has 0 heterocycles. The normalized spacial score (nSPS) is 10.3. The minimum absolute atomic E-state index is 0.0749.